The number of hydrogen-bond donors (Lipinski definition) is 0. The third-order valence-electron chi connectivity index (χ3n) is 2.64. The quantitative estimate of drug-likeness (QED) is 0.385. The van der Waals surface area contributed by atoms with Crippen molar-refractivity contribution in [2.24, 2.45) is 11.8 Å². The summed E-state index contributed by atoms with van der Waals surface area (Å²) in [5.74, 6) is -3.41. The summed E-state index contributed by atoms with van der Waals surface area (Å²) in [6.07, 6.45) is 0.451. The van der Waals surface area contributed by atoms with Crippen LogP contribution in [0.4, 0.5) is 0 Å². The number of esters is 3. The van der Waals surface area contributed by atoms with Crippen LogP contribution in [0.25, 0.3) is 0 Å². The van der Waals surface area contributed by atoms with Gasteiger partial charge >= 0.3 is 17.9 Å². The molecule has 0 aromatic carbocycles. The van der Waals surface area contributed by atoms with Gasteiger partial charge in [0.2, 0.25) is 0 Å². The molecule has 0 bridgehead atoms. The Balaban J connectivity index is 4.86. The summed E-state index contributed by atoms with van der Waals surface area (Å²) in [6, 6.07) is 0. The van der Waals surface area contributed by atoms with E-state index in [0.717, 1.165) is 0 Å². The Morgan fingerprint density at radius 3 is 1.83 bits per heavy atom. The second-order valence-corrected chi connectivity index (χ2v) is 3.70. The second-order valence-electron chi connectivity index (χ2n) is 3.70. The van der Waals surface area contributed by atoms with Gasteiger partial charge in [-0.15, -0.1) is 0 Å². The van der Waals surface area contributed by atoms with Gasteiger partial charge in [0, 0.05) is 6.42 Å². The van der Waals surface area contributed by atoms with Crippen LogP contribution >= 0.6 is 0 Å². The van der Waals surface area contributed by atoms with E-state index < -0.39 is 29.7 Å². The Bertz CT molecular complexity index is 283. The van der Waals surface area contributed by atoms with E-state index in [-0.39, 0.29) is 13.0 Å². The van der Waals surface area contributed by atoms with Gasteiger partial charge < -0.3 is 14.2 Å². The molecule has 0 saturated heterocycles. The van der Waals surface area contributed by atoms with Crippen LogP contribution in [0.3, 0.4) is 0 Å². The normalized spacial score (nSPS) is 11.8. The maximum absolute atomic E-state index is 11.6. The van der Waals surface area contributed by atoms with Crippen LogP contribution in [-0.2, 0) is 28.6 Å². The van der Waals surface area contributed by atoms with Crippen LogP contribution < -0.4 is 0 Å². The van der Waals surface area contributed by atoms with Gasteiger partial charge in [0.15, 0.2) is 5.92 Å². The monoisotopic (exact) mass is 260 g/mol. The maximum atomic E-state index is 11.6. The van der Waals surface area contributed by atoms with E-state index in [0.29, 0.717) is 6.42 Å². The van der Waals surface area contributed by atoms with Gasteiger partial charge in [0.1, 0.15) is 0 Å². The fourth-order valence-corrected chi connectivity index (χ4v) is 1.67. The Kier molecular flexibility index (Phi) is 7.74. The van der Waals surface area contributed by atoms with E-state index in [4.69, 9.17) is 4.74 Å². The van der Waals surface area contributed by atoms with Gasteiger partial charge in [-0.05, 0) is 12.8 Å². The average molecular weight is 260 g/mol. The SMILES string of the molecule is CCOC(=O)CC(CC)C(C(=O)OC)C(=O)OC. The van der Waals surface area contributed by atoms with Crippen LogP contribution in [0.5, 0.6) is 0 Å². The zero-order valence-electron chi connectivity index (χ0n) is 11.2. The Labute approximate surface area is 107 Å². The molecule has 0 rings (SSSR count). The molecule has 18 heavy (non-hydrogen) atoms. The van der Waals surface area contributed by atoms with Crippen LogP contribution in [0, 0.1) is 11.8 Å². The predicted octanol–water partition coefficient (Wildman–Crippen LogP) is 0.928. The van der Waals surface area contributed by atoms with Crippen molar-refractivity contribution in [2.75, 3.05) is 20.8 Å². The number of methoxy groups -OCH3 is 2. The van der Waals surface area contributed by atoms with Gasteiger partial charge in [-0.2, -0.15) is 0 Å². The number of carbonyl (C=O) groups is 3. The van der Waals surface area contributed by atoms with E-state index in [1.165, 1.54) is 14.2 Å². The van der Waals surface area contributed by atoms with Crippen molar-refractivity contribution in [3.8, 4) is 0 Å². The lowest BCUT2D eigenvalue weighted by Crippen LogP contribution is -2.34. The minimum Gasteiger partial charge on any atom is -0.468 e. The molecular weight excluding hydrogens is 240 g/mol. The van der Waals surface area contributed by atoms with E-state index in [1.807, 2.05) is 0 Å². The van der Waals surface area contributed by atoms with E-state index in [1.54, 1.807) is 13.8 Å². The first-order chi connectivity index (χ1) is 8.51. The molecule has 0 aliphatic carbocycles. The molecule has 1 unspecified atom stereocenters. The van der Waals surface area contributed by atoms with Crippen molar-refractivity contribution in [1.82, 2.24) is 0 Å². The molecule has 0 aromatic heterocycles. The Hall–Kier alpha value is -1.59. The van der Waals surface area contributed by atoms with Crippen LogP contribution in [0.1, 0.15) is 26.7 Å². The second kappa shape index (κ2) is 8.49. The molecule has 6 nitrogen and oxygen atoms in total. The highest BCUT2D eigenvalue weighted by molar-refractivity contribution is 5.95. The molecule has 104 valence electrons. The summed E-state index contributed by atoms with van der Waals surface area (Å²) in [4.78, 5) is 34.6. The first-order valence-electron chi connectivity index (χ1n) is 5.82. The van der Waals surface area contributed by atoms with Crippen molar-refractivity contribution in [2.45, 2.75) is 26.7 Å². The highest BCUT2D eigenvalue weighted by Gasteiger charge is 2.37. The van der Waals surface area contributed by atoms with Crippen molar-refractivity contribution < 1.29 is 28.6 Å². The maximum Gasteiger partial charge on any atom is 0.320 e. The lowest BCUT2D eigenvalue weighted by atomic mass is 9.87. The van der Waals surface area contributed by atoms with Crippen molar-refractivity contribution >= 4 is 17.9 Å². The molecule has 0 aliphatic heterocycles. The fourth-order valence-electron chi connectivity index (χ4n) is 1.67. The topological polar surface area (TPSA) is 78.9 Å². The Morgan fingerprint density at radius 2 is 1.50 bits per heavy atom. The molecule has 0 amide bonds. The third kappa shape index (κ3) is 4.73. The van der Waals surface area contributed by atoms with Gasteiger partial charge in [-0.1, -0.05) is 13.3 Å². The van der Waals surface area contributed by atoms with Crippen molar-refractivity contribution in [1.29, 1.82) is 0 Å². The van der Waals surface area contributed by atoms with Crippen molar-refractivity contribution in [3.63, 3.8) is 0 Å². The van der Waals surface area contributed by atoms with Gasteiger partial charge in [-0.3, -0.25) is 14.4 Å². The number of carbonyl (C=O) groups excluding carboxylic acids is 3. The molecule has 1 atom stereocenters. The first kappa shape index (κ1) is 16.4. The molecule has 0 aliphatic rings. The molecule has 0 heterocycles. The standard InChI is InChI=1S/C12H20O6/c1-5-8(7-9(13)18-6-2)10(11(14)16-3)12(15)17-4/h8,10H,5-7H2,1-4H3. The van der Waals surface area contributed by atoms with Gasteiger partial charge in [0.25, 0.3) is 0 Å². The van der Waals surface area contributed by atoms with E-state index in [9.17, 15) is 14.4 Å². The number of rotatable bonds is 7. The highest BCUT2D eigenvalue weighted by Crippen LogP contribution is 2.23. The summed E-state index contributed by atoms with van der Waals surface area (Å²) in [5, 5.41) is 0. The van der Waals surface area contributed by atoms with Crippen LogP contribution in [0.2, 0.25) is 0 Å². The molecule has 0 saturated carbocycles. The summed E-state index contributed by atoms with van der Waals surface area (Å²) < 4.78 is 13.9. The van der Waals surface area contributed by atoms with Crippen LogP contribution in [-0.4, -0.2) is 38.7 Å². The van der Waals surface area contributed by atoms with E-state index in [2.05, 4.69) is 9.47 Å². The average Bonchev–Trinajstić information content (AvgIpc) is 2.37. The molecule has 0 aromatic rings. The summed E-state index contributed by atoms with van der Waals surface area (Å²) in [6.45, 7) is 3.73. The molecule has 0 spiro atoms. The first-order valence-corrected chi connectivity index (χ1v) is 5.82. The zero-order chi connectivity index (χ0) is 14.1. The predicted molar refractivity (Wildman–Crippen MR) is 62.6 cm³/mol. The van der Waals surface area contributed by atoms with Crippen LogP contribution in [0.15, 0.2) is 0 Å². The Morgan fingerprint density at radius 1 is 1.00 bits per heavy atom. The molecule has 6 heteroatoms. The van der Waals surface area contributed by atoms with E-state index >= 15 is 0 Å². The fraction of sp³-hybridized carbons (Fsp3) is 0.750. The number of ether oxygens (including phenoxy) is 3. The molecule has 0 fully saturated rings. The minimum absolute atomic E-state index is 0.0147. The zero-order valence-corrected chi connectivity index (χ0v) is 11.2. The largest absolute Gasteiger partial charge is 0.468 e. The molecular formula is C12H20O6. The smallest absolute Gasteiger partial charge is 0.320 e. The number of hydrogen-bond acceptors (Lipinski definition) is 6. The summed E-state index contributed by atoms with van der Waals surface area (Å²) >= 11 is 0. The summed E-state index contributed by atoms with van der Waals surface area (Å²) in [5.41, 5.74) is 0. The minimum atomic E-state index is -1.09. The molecule has 0 N–H and O–H groups in total. The molecule has 0 radical (unpaired) electrons. The highest BCUT2D eigenvalue weighted by atomic mass is 16.5. The van der Waals surface area contributed by atoms with Gasteiger partial charge in [-0.25, -0.2) is 0 Å². The third-order valence-corrected chi connectivity index (χ3v) is 2.64. The lowest BCUT2D eigenvalue weighted by molar-refractivity contribution is -0.162. The lowest BCUT2D eigenvalue weighted by Gasteiger charge is -2.21. The van der Waals surface area contributed by atoms with Gasteiger partial charge in [0.05, 0.1) is 20.8 Å². The summed E-state index contributed by atoms with van der Waals surface area (Å²) in [7, 11) is 2.38. The van der Waals surface area contributed by atoms with Crippen molar-refractivity contribution in [3.05, 3.63) is 0 Å².